The molecule has 1 atom stereocenters. The van der Waals surface area contributed by atoms with Gasteiger partial charge in [0.2, 0.25) is 0 Å². The maximum atomic E-state index is 11.8. The Morgan fingerprint density at radius 3 is 2.19 bits per heavy atom. The van der Waals surface area contributed by atoms with E-state index in [1.807, 2.05) is 0 Å². The van der Waals surface area contributed by atoms with Crippen LogP contribution in [0.2, 0.25) is 10.0 Å². The zero-order valence-electron chi connectivity index (χ0n) is 17.7. The van der Waals surface area contributed by atoms with Crippen molar-refractivity contribution in [1.82, 2.24) is 5.32 Å². The van der Waals surface area contributed by atoms with E-state index in [0.717, 1.165) is 18.5 Å². The fourth-order valence-corrected chi connectivity index (χ4v) is 4.84. The number of rotatable bonds is 9. The lowest BCUT2D eigenvalue weighted by molar-refractivity contribution is -0.138. The van der Waals surface area contributed by atoms with Gasteiger partial charge in [-0.25, -0.2) is 0 Å². The number of benzene rings is 3. The molecule has 5 heteroatoms. The summed E-state index contributed by atoms with van der Waals surface area (Å²) in [6, 6.07) is 22.2. The fraction of sp³-hybridized carbons (Fsp3) is 0.222. The van der Waals surface area contributed by atoms with Crippen LogP contribution in [-0.4, -0.2) is 17.6 Å². The zero-order valence-corrected chi connectivity index (χ0v) is 19.2. The summed E-state index contributed by atoms with van der Waals surface area (Å²) in [4.78, 5) is 11.8. The standard InChI is InChI=1S/C27H25Cl2NO2/c1-17(30-15-14-19(27(31)32)18-11-13-25(28)26(29)16-18)10-12-24-22-8-4-2-6-20(22)21-7-3-5-9-23(21)24/h2-9,11,13,16,19,24,30H,1,10,12,14-15H2,(H,31,32). The van der Waals surface area contributed by atoms with Gasteiger partial charge in [-0.15, -0.1) is 0 Å². The van der Waals surface area contributed by atoms with Gasteiger partial charge in [-0.05, 0) is 59.2 Å². The van der Waals surface area contributed by atoms with Crippen molar-refractivity contribution < 1.29 is 9.90 Å². The Kier molecular flexibility index (Phi) is 6.88. The van der Waals surface area contributed by atoms with E-state index in [1.165, 1.54) is 22.3 Å². The van der Waals surface area contributed by atoms with Gasteiger partial charge in [-0.2, -0.15) is 0 Å². The monoisotopic (exact) mass is 465 g/mol. The van der Waals surface area contributed by atoms with Gasteiger partial charge in [-0.3, -0.25) is 4.79 Å². The Balaban J connectivity index is 1.34. The summed E-state index contributed by atoms with van der Waals surface area (Å²) < 4.78 is 0. The minimum Gasteiger partial charge on any atom is -0.481 e. The van der Waals surface area contributed by atoms with Crippen molar-refractivity contribution in [2.75, 3.05) is 6.54 Å². The molecule has 4 rings (SSSR count). The summed E-state index contributed by atoms with van der Waals surface area (Å²) in [5.41, 5.74) is 6.94. The highest BCUT2D eigenvalue weighted by atomic mass is 35.5. The molecule has 1 aliphatic rings. The lowest BCUT2D eigenvalue weighted by atomic mass is 9.91. The van der Waals surface area contributed by atoms with Gasteiger partial charge in [0.05, 0.1) is 16.0 Å². The molecule has 164 valence electrons. The van der Waals surface area contributed by atoms with Crippen molar-refractivity contribution in [3.63, 3.8) is 0 Å². The van der Waals surface area contributed by atoms with E-state index in [4.69, 9.17) is 23.2 Å². The Morgan fingerprint density at radius 1 is 0.969 bits per heavy atom. The first-order chi connectivity index (χ1) is 15.5. The molecule has 0 aromatic heterocycles. The number of hydrogen-bond acceptors (Lipinski definition) is 2. The predicted octanol–water partition coefficient (Wildman–Crippen LogP) is 7.25. The van der Waals surface area contributed by atoms with E-state index >= 15 is 0 Å². The van der Waals surface area contributed by atoms with Gasteiger partial charge in [0.25, 0.3) is 0 Å². The highest BCUT2D eigenvalue weighted by Crippen LogP contribution is 2.46. The van der Waals surface area contributed by atoms with E-state index in [9.17, 15) is 9.90 Å². The van der Waals surface area contributed by atoms with E-state index < -0.39 is 11.9 Å². The van der Waals surface area contributed by atoms with Crippen LogP contribution in [-0.2, 0) is 4.79 Å². The lowest BCUT2D eigenvalue weighted by Crippen LogP contribution is -2.21. The molecule has 3 nitrogen and oxygen atoms in total. The molecule has 0 aliphatic heterocycles. The lowest BCUT2D eigenvalue weighted by Gasteiger charge is -2.17. The molecule has 0 saturated carbocycles. The molecule has 1 unspecified atom stereocenters. The first kappa shape index (κ1) is 22.4. The second-order valence-corrected chi connectivity index (χ2v) is 8.96. The van der Waals surface area contributed by atoms with Crippen molar-refractivity contribution in [2.24, 2.45) is 0 Å². The number of nitrogens with one attached hydrogen (secondary N) is 1. The number of aliphatic carboxylic acids is 1. The van der Waals surface area contributed by atoms with Gasteiger partial charge in [0.15, 0.2) is 0 Å². The Hall–Kier alpha value is -2.75. The molecule has 0 radical (unpaired) electrons. The van der Waals surface area contributed by atoms with Crippen LogP contribution in [0.5, 0.6) is 0 Å². The van der Waals surface area contributed by atoms with Crippen molar-refractivity contribution >= 4 is 29.2 Å². The van der Waals surface area contributed by atoms with Crippen molar-refractivity contribution in [3.8, 4) is 11.1 Å². The highest BCUT2D eigenvalue weighted by molar-refractivity contribution is 6.42. The number of carbonyl (C=O) groups is 1. The van der Waals surface area contributed by atoms with Crippen LogP contribution >= 0.6 is 23.2 Å². The average Bonchev–Trinajstić information content (AvgIpc) is 3.11. The van der Waals surface area contributed by atoms with Gasteiger partial charge in [0, 0.05) is 18.2 Å². The van der Waals surface area contributed by atoms with E-state index in [-0.39, 0.29) is 0 Å². The SMILES string of the molecule is C=C(CCC1c2ccccc2-c2ccccc21)NCCC(C(=O)O)c1ccc(Cl)c(Cl)c1. The molecular weight excluding hydrogens is 441 g/mol. The van der Waals surface area contributed by atoms with Crippen molar-refractivity contribution in [2.45, 2.75) is 31.1 Å². The minimum atomic E-state index is -0.880. The summed E-state index contributed by atoms with van der Waals surface area (Å²) in [6.45, 7) is 4.69. The summed E-state index contributed by atoms with van der Waals surface area (Å²) in [6.07, 6.45) is 2.20. The van der Waals surface area contributed by atoms with Crippen LogP contribution in [0, 0.1) is 0 Å². The number of carboxylic acid groups (broad SMARTS) is 1. The van der Waals surface area contributed by atoms with Crippen LogP contribution in [0.3, 0.4) is 0 Å². The largest absolute Gasteiger partial charge is 0.481 e. The second-order valence-electron chi connectivity index (χ2n) is 8.15. The topological polar surface area (TPSA) is 49.3 Å². The van der Waals surface area contributed by atoms with E-state index in [2.05, 4.69) is 60.4 Å². The third-order valence-corrected chi connectivity index (χ3v) is 6.89. The minimum absolute atomic E-state index is 0.351. The molecule has 0 amide bonds. The first-order valence-corrected chi connectivity index (χ1v) is 11.5. The molecule has 3 aromatic rings. The van der Waals surface area contributed by atoms with Gasteiger partial charge >= 0.3 is 5.97 Å². The number of hydrogen-bond donors (Lipinski definition) is 2. The van der Waals surface area contributed by atoms with E-state index in [1.54, 1.807) is 18.2 Å². The molecule has 1 aliphatic carbocycles. The van der Waals surface area contributed by atoms with Gasteiger partial charge in [0.1, 0.15) is 0 Å². The predicted molar refractivity (Wildman–Crippen MR) is 132 cm³/mol. The van der Waals surface area contributed by atoms with Gasteiger partial charge < -0.3 is 10.4 Å². The summed E-state index contributed by atoms with van der Waals surface area (Å²) in [5, 5.41) is 13.8. The smallest absolute Gasteiger partial charge is 0.311 e. The first-order valence-electron chi connectivity index (χ1n) is 10.7. The third kappa shape index (κ3) is 4.69. The molecule has 0 bridgehead atoms. The summed E-state index contributed by atoms with van der Waals surface area (Å²) in [5.74, 6) is -1.18. The molecule has 2 N–H and O–H groups in total. The van der Waals surface area contributed by atoms with Crippen LogP contribution in [0.15, 0.2) is 79.0 Å². The normalized spacial score (nSPS) is 13.3. The van der Waals surface area contributed by atoms with Crippen molar-refractivity contribution in [1.29, 1.82) is 0 Å². The number of allylic oxidation sites excluding steroid dienone is 1. The Bertz CT molecular complexity index is 1110. The molecule has 0 fully saturated rings. The molecule has 0 spiro atoms. The van der Waals surface area contributed by atoms with Crippen LogP contribution < -0.4 is 5.32 Å². The quantitative estimate of drug-likeness (QED) is 0.349. The molecule has 0 heterocycles. The second kappa shape index (κ2) is 9.81. The molecule has 0 saturated heterocycles. The average molecular weight is 466 g/mol. The number of halogens is 2. The highest BCUT2D eigenvalue weighted by Gasteiger charge is 2.27. The third-order valence-electron chi connectivity index (χ3n) is 6.15. The van der Waals surface area contributed by atoms with Crippen molar-refractivity contribution in [3.05, 3.63) is 106 Å². The summed E-state index contributed by atoms with van der Waals surface area (Å²) in [7, 11) is 0. The molecule has 3 aromatic carbocycles. The maximum absolute atomic E-state index is 11.8. The van der Waals surface area contributed by atoms with E-state index in [0.29, 0.717) is 34.5 Å². The summed E-state index contributed by atoms with van der Waals surface area (Å²) >= 11 is 12.0. The zero-order chi connectivity index (χ0) is 22.7. The van der Waals surface area contributed by atoms with Crippen LogP contribution in [0.1, 0.15) is 47.8 Å². The number of fused-ring (bicyclic) bond motifs is 3. The maximum Gasteiger partial charge on any atom is 0.311 e. The molecular formula is C27H25Cl2NO2. The number of carboxylic acids is 1. The van der Waals surface area contributed by atoms with Gasteiger partial charge in [-0.1, -0.05) is 84.4 Å². The fourth-order valence-electron chi connectivity index (χ4n) is 4.53. The van der Waals surface area contributed by atoms with Crippen LogP contribution in [0.25, 0.3) is 11.1 Å². The Morgan fingerprint density at radius 2 is 1.59 bits per heavy atom. The molecule has 32 heavy (non-hydrogen) atoms. The Labute approximate surface area is 198 Å². The van der Waals surface area contributed by atoms with Crippen LogP contribution in [0.4, 0.5) is 0 Å².